The lowest BCUT2D eigenvalue weighted by molar-refractivity contribution is 0.237. The number of nitrogens with one attached hydrogen (secondary N) is 2. The van der Waals surface area contributed by atoms with Gasteiger partial charge in [-0.25, -0.2) is 4.98 Å². The van der Waals surface area contributed by atoms with Gasteiger partial charge in [-0.3, -0.25) is 4.79 Å². The number of rotatable bonds is 7. The molecule has 0 aliphatic heterocycles. The zero-order valence-corrected chi connectivity index (χ0v) is 17.1. The number of nitrogens with zero attached hydrogens (tertiary/aromatic N) is 2. The van der Waals surface area contributed by atoms with E-state index in [1.807, 2.05) is 73.3 Å². The SMILES string of the molecule is C=C(Nc1ccccc1C)N(Cc1ccco1)C(C)c1nc2ccccc2c(=O)[nH]1. The largest absolute Gasteiger partial charge is 0.467 e. The quantitative estimate of drug-likeness (QED) is 0.458. The molecule has 1 atom stereocenters. The molecule has 0 saturated heterocycles. The van der Waals surface area contributed by atoms with Crippen LogP contribution in [0.15, 0.2) is 88.5 Å². The summed E-state index contributed by atoms with van der Waals surface area (Å²) in [4.78, 5) is 22.2. The topological polar surface area (TPSA) is 74.2 Å². The predicted molar refractivity (Wildman–Crippen MR) is 119 cm³/mol. The molecule has 0 bridgehead atoms. The minimum absolute atomic E-state index is 0.155. The molecule has 0 aliphatic carbocycles. The third-order valence-electron chi connectivity index (χ3n) is 5.17. The van der Waals surface area contributed by atoms with Crippen molar-refractivity contribution >= 4 is 16.6 Å². The predicted octanol–water partition coefficient (Wildman–Crippen LogP) is 4.97. The Bertz CT molecular complexity index is 1230. The standard InChI is InChI=1S/C24H24N4O2/c1-16-9-4-6-12-21(16)25-18(3)28(15-19-10-8-14-30-19)17(2)23-26-22-13-7-5-11-20(22)24(29)27-23/h4-14,17,25H,3,15H2,1-2H3,(H,26,27,29). The zero-order chi connectivity index (χ0) is 21.1. The fourth-order valence-electron chi connectivity index (χ4n) is 3.43. The van der Waals surface area contributed by atoms with Gasteiger partial charge in [-0.05, 0) is 49.7 Å². The summed E-state index contributed by atoms with van der Waals surface area (Å²) in [7, 11) is 0. The Morgan fingerprint density at radius 3 is 2.70 bits per heavy atom. The van der Waals surface area contributed by atoms with Crippen LogP contribution in [0.1, 0.15) is 30.1 Å². The Kier molecular flexibility index (Phi) is 5.39. The highest BCUT2D eigenvalue weighted by molar-refractivity contribution is 5.77. The summed E-state index contributed by atoms with van der Waals surface area (Å²) in [5.74, 6) is 2.04. The van der Waals surface area contributed by atoms with Crippen LogP contribution in [0.5, 0.6) is 0 Å². The second kappa shape index (κ2) is 8.29. The molecule has 2 N–H and O–H groups in total. The summed E-state index contributed by atoms with van der Waals surface area (Å²) in [5, 5.41) is 3.97. The lowest BCUT2D eigenvalue weighted by Crippen LogP contribution is -2.31. The summed E-state index contributed by atoms with van der Waals surface area (Å²) < 4.78 is 5.57. The molecular weight excluding hydrogens is 376 g/mol. The number of benzene rings is 2. The number of H-pyrrole nitrogens is 1. The molecule has 30 heavy (non-hydrogen) atoms. The normalized spacial score (nSPS) is 11.9. The Morgan fingerprint density at radius 2 is 1.93 bits per heavy atom. The van der Waals surface area contributed by atoms with Gasteiger partial charge in [0.2, 0.25) is 0 Å². The molecular formula is C24H24N4O2. The summed E-state index contributed by atoms with van der Waals surface area (Å²) in [5.41, 5.74) is 2.59. The lowest BCUT2D eigenvalue weighted by atomic mass is 10.2. The number of furan rings is 1. The van der Waals surface area contributed by atoms with E-state index in [9.17, 15) is 4.79 Å². The second-order valence-corrected chi connectivity index (χ2v) is 7.24. The molecule has 2 aromatic carbocycles. The Balaban J connectivity index is 1.69. The monoisotopic (exact) mass is 400 g/mol. The minimum Gasteiger partial charge on any atom is -0.467 e. The summed E-state index contributed by atoms with van der Waals surface area (Å²) in [6.45, 7) is 8.76. The molecule has 0 saturated carbocycles. The van der Waals surface area contributed by atoms with Crippen LogP contribution in [0.4, 0.5) is 5.69 Å². The molecule has 6 heteroatoms. The van der Waals surface area contributed by atoms with Gasteiger partial charge in [0.15, 0.2) is 0 Å². The first-order valence-corrected chi connectivity index (χ1v) is 9.82. The first kappa shape index (κ1) is 19.5. The number of hydrogen-bond donors (Lipinski definition) is 2. The van der Waals surface area contributed by atoms with E-state index in [4.69, 9.17) is 9.40 Å². The number of aryl methyl sites for hydroxylation is 1. The van der Waals surface area contributed by atoms with Gasteiger partial charge in [0.1, 0.15) is 11.6 Å². The second-order valence-electron chi connectivity index (χ2n) is 7.24. The van der Waals surface area contributed by atoms with E-state index in [0.717, 1.165) is 17.0 Å². The van der Waals surface area contributed by atoms with Crippen LogP contribution in [0, 0.1) is 6.92 Å². The maximum absolute atomic E-state index is 12.6. The van der Waals surface area contributed by atoms with Crippen molar-refractivity contribution in [1.29, 1.82) is 0 Å². The van der Waals surface area contributed by atoms with Gasteiger partial charge >= 0.3 is 0 Å². The molecule has 2 heterocycles. The van der Waals surface area contributed by atoms with Gasteiger partial charge in [0.25, 0.3) is 5.56 Å². The first-order chi connectivity index (χ1) is 14.5. The molecule has 2 aromatic heterocycles. The maximum Gasteiger partial charge on any atom is 0.258 e. The number of hydrogen-bond acceptors (Lipinski definition) is 5. The number of aromatic nitrogens is 2. The Hall–Kier alpha value is -3.80. The fraction of sp³-hybridized carbons (Fsp3) is 0.167. The van der Waals surface area contributed by atoms with Crippen molar-refractivity contribution in [3.05, 3.63) is 107 Å². The van der Waals surface area contributed by atoms with Crippen molar-refractivity contribution in [3.63, 3.8) is 0 Å². The van der Waals surface area contributed by atoms with Crippen molar-refractivity contribution in [2.24, 2.45) is 0 Å². The lowest BCUT2D eigenvalue weighted by Gasteiger charge is -2.32. The molecule has 0 fully saturated rings. The fourth-order valence-corrected chi connectivity index (χ4v) is 3.43. The van der Waals surface area contributed by atoms with Gasteiger partial charge in [0.05, 0.1) is 35.6 Å². The van der Waals surface area contributed by atoms with Gasteiger partial charge in [-0.1, -0.05) is 36.9 Å². The van der Waals surface area contributed by atoms with Gasteiger partial charge in [-0.15, -0.1) is 0 Å². The van der Waals surface area contributed by atoms with Crippen molar-refractivity contribution in [2.75, 3.05) is 5.32 Å². The molecule has 0 spiro atoms. The average Bonchev–Trinajstić information content (AvgIpc) is 3.26. The Morgan fingerprint density at radius 1 is 1.17 bits per heavy atom. The molecule has 4 rings (SSSR count). The van der Waals surface area contributed by atoms with E-state index in [1.165, 1.54) is 0 Å². The number of aromatic amines is 1. The van der Waals surface area contributed by atoms with Crippen molar-refractivity contribution in [2.45, 2.75) is 26.4 Å². The highest BCUT2D eigenvalue weighted by atomic mass is 16.3. The van der Waals surface area contributed by atoms with Gasteiger partial charge < -0.3 is 19.6 Å². The molecule has 0 aliphatic rings. The first-order valence-electron chi connectivity index (χ1n) is 9.82. The summed E-state index contributed by atoms with van der Waals surface area (Å²) in [6, 6.07) is 18.9. The average molecular weight is 400 g/mol. The Labute approximate surface area is 174 Å². The smallest absolute Gasteiger partial charge is 0.258 e. The van der Waals surface area contributed by atoms with Crippen molar-refractivity contribution in [3.8, 4) is 0 Å². The van der Waals surface area contributed by atoms with Crippen LogP contribution < -0.4 is 10.9 Å². The third-order valence-corrected chi connectivity index (χ3v) is 5.17. The molecule has 0 radical (unpaired) electrons. The number of para-hydroxylation sites is 2. The highest BCUT2D eigenvalue weighted by Gasteiger charge is 2.22. The van der Waals surface area contributed by atoms with Crippen LogP contribution in [-0.4, -0.2) is 14.9 Å². The van der Waals surface area contributed by atoms with Crippen LogP contribution in [0.2, 0.25) is 0 Å². The number of fused-ring (bicyclic) bond motifs is 1. The van der Waals surface area contributed by atoms with Crippen LogP contribution >= 0.6 is 0 Å². The van der Waals surface area contributed by atoms with Gasteiger partial charge in [0, 0.05) is 5.69 Å². The van der Waals surface area contributed by atoms with Gasteiger partial charge in [-0.2, -0.15) is 0 Å². The van der Waals surface area contributed by atoms with Crippen molar-refractivity contribution < 1.29 is 4.42 Å². The van der Waals surface area contributed by atoms with E-state index in [-0.39, 0.29) is 11.6 Å². The number of anilines is 1. The van der Waals surface area contributed by atoms with E-state index in [0.29, 0.717) is 29.1 Å². The zero-order valence-electron chi connectivity index (χ0n) is 17.1. The van der Waals surface area contributed by atoms with Crippen LogP contribution in [0.25, 0.3) is 10.9 Å². The highest BCUT2D eigenvalue weighted by Crippen LogP contribution is 2.26. The van der Waals surface area contributed by atoms with E-state index >= 15 is 0 Å². The van der Waals surface area contributed by atoms with E-state index in [1.54, 1.807) is 12.3 Å². The van der Waals surface area contributed by atoms with Crippen LogP contribution in [0.3, 0.4) is 0 Å². The van der Waals surface area contributed by atoms with E-state index < -0.39 is 0 Å². The summed E-state index contributed by atoms with van der Waals surface area (Å²) in [6.07, 6.45) is 1.64. The minimum atomic E-state index is -0.253. The molecule has 6 nitrogen and oxygen atoms in total. The summed E-state index contributed by atoms with van der Waals surface area (Å²) >= 11 is 0. The van der Waals surface area contributed by atoms with Crippen LogP contribution in [-0.2, 0) is 6.54 Å². The maximum atomic E-state index is 12.6. The third kappa shape index (κ3) is 3.98. The van der Waals surface area contributed by atoms with E-state index in [2.05, 4.69) is 16.9 Å². The molecule has 4 aromatic rings. The van der Waals surface area contributed by atoms with Crippen molar-refractivity contribution in [1.82, 2.24) is 14.9 Å². The molecule has 1 unspecified atom stereocenters. The molecule has 0 amide bonds. The molecule has 152 valence electrons.